The molecule has 0 saturated heterocycles. The predicted molar refractivity (Wildman–Crippen MR) is 120 cm³/mol. The van der Waals surface area contributed by atoms with Crippen LogP contribution >= 0.6 is 11.6 Å². The first-order chi connectivity index (χ1) is 14.1. The highest BCUT2D eigenvalue weighted by molar-refractivity contribution is 6.31. The smallest absolute Gasteiger partial charge is 0.160 e. The van der Waals surface area contributed by atoms with E-state index in [1.54, 1.807) is 14.2 Å². The Hall–Kier alpha value is -1.75. The van der Waals surface area contributed by atoms with Gasteiger partial charge in [0.1, 0.15) is 0 Å². The summed E-state index contributed by atoms with van der Waals surface area (Å²) < 4.78 is 10.7. The third kappa shape index (κ3) is 4.88. The Labute approximate surface area is 179 Å². The summed E-state index contributed by atoms with van der Waals surface area (Å²) in [6, 6.07) is 14.8. The molecule has 0 bridgehead atoms. The number of ether oxygens (including phenoxy) is 2. The molecule has 5 heteroatoms. The van der Waals surface area contributed by atoms with Crippen LogP contribution in [0.15, 0.2) is 42.5 Å². The molecule has 2 aromatic carbocycles. The van der Waals surface area contributed by atoms with Gasteiger partial charge in [-0.05, 0) is 68.6 Å². The first kappa shape index (κ1) is 21.9. The number of hydrogen-bond donors (Lipinski definition) is 2. The lowest BCUT2D eigenvalue weighted by Gasteiger charge is -2.45. The third-order valence-corrected chi connectivity index (χ3v) is 6.52. The maximum Gasteiger partial charge on any atom is 0.160 e. The number of nitrogens with one attached hydrogen (secondary N) is 2. The number of hydrogen-bond acceptors (Lipinski definition) is 4. The Morgan fingerprint density at radius 2 is 1.86 bits per heavy atom. The van der Waals surface area contributed by atoms with Crippen LogP contribution in [0.25, 0.3) is 0 Å². The monoisotopic (exact) mass is 416 g/mol. The van der Waals surface area contributed by atoms with Crippen molar-refractivity contribution < 1.29 is 9.47 Å². The highest BCUT2D eigenvalue weighted by Crippen LogP contribution is 2.40. The molecule has 2 atom stereocenters. The fraction of sp³-hybridized carbons (Fsp3) is 0.500. The molecule has 0 aliphatic heterocycles. The van der Waals surface area contributed by atoms with Crippen molar-refractivity contribution in [1.29, 1.82) is 0 Å². The van der Waals surface area contributed by atoms with Crippen LogP contribution in [0.5, 0.6) is 11.5 Å². The van der Waals surface area contributed by atoms with Crippen LogP contribution in [0.4, 0.5) is 0 Å². The lowest BCUT2D eigenvalue weighted by Crippen LogP contribution is -2.58. The number of aryl methyl sites for hydroxylation is 1. The summed E-state index contributed by atoms with van der Waals surface area (Å²) in [4.78, 5) is 0. The van der Waals surface area contributed by atoms with Crippen molar-refractivity contribution in [2.75, 3.05) is 27.8 Å². The minimum Gasteiger partial charge on any atom is -0.493 e. The highest BCUT2D eigenvalue weighted by atomic mass is 35.5. The largest absolute Gasteiger partial charge is 0.493 e. The Morgan fingerprint density at radius 1 is 1.07 bits per heavy atom. The molecule has 1 aliphatic rings. The van der Waals surface area contributed by atoms with Gasteiger partial charge in [0, 0.05) is 11.1 Å². The van der Waals surface area contributed by atoms with Crippen LogP contribution in [0.2, 0.25) is 5.02 Å². The molecule has 0 radical (unpaired) electrons. The zero-order valence-corrected chi connectivity index (χ0v) is 18.5. The molecule has 2 N–H and O–H groups in total. The lowest BCUT2D eigenvalue weighted by molar-refractivity contribution is 0.178. The quantitative estimate of drug-likeness (QED) is 0.568. The van der Waals surface area contributed by atoms with Crippen molar-refractivity contribution in [1.82, 2.24) is 10.6 Å². The SMILES string of the molecule is CNC1(c2ccccc2Cl)CCCCC1NCCCc1ccc(OC)c(OC)c1. The number of methoxy groups -OCH3 is 2. The van der Waals surface area contributed by atoms with E-state index in [0.29, 0.717) is 6.04 Å². The van der Waals surface area contributed by atoms with Gasteiger partial charge in [-0.3, -0.25) is 0 Å². The molecule has 4 nitrogen and oxygen atoms in total. The fourth-order valence-electron chi connectivity index (χ4n) is 4.63. The minimum absolute atomic E-state index is 0.111. The number of benzene rings is 2. The van der Waals surface area contributed by atoms with Crippen LogP contribution < -0.4 is 20.1 Å². The summed E-state index contributed by atoms with van der Waals surface area (Å²) in [5, 5.41) is 8.32. The zero-order chi connectivity index (χ0) is 20.7. The molecule has 1 saturated carbocycles. The average molecular weight is 417 g/mol. The van der Waals surface area contributed by atoms with E-state index in [1.807, 2.05) is 18.2 Å². The second kappa shape index (κ2) is 10.3. The molecular formula is C24H33ClN2O2. The Morgan fingerprint density at radius 3 is 2.59 bits per heavy atom. The van der Waals surface area contributed by atoms with Gasteiger partial charge in [0.25, 0.3) is 0 Å². The van der Waals surface area contributed by atoms with Crippen molar-refractivity contribution in [2.45, 2.75) is 50.1 Å². The van der Waals surface area contributed by atoms with Crippen molar-refractivity contribution >= 4 is 11.6 Å². The summed E-state index contributed by atoms with van der Waals surface area (Å²) in [5.41, 5.74) is 2.36. The maximum absolute atomic E-state index is 6.60. The topological polar surface area (TPSA) is 42.5 Å². The zero-order valence-electron chi connectivity index (χ0n) is 17.8. The molecule has 1 aliphatic carbocycles. The predicted octanol–water partition coefficient (Wildman–Crippen LogP) is 4.94. The van der Waals surface area contributed by atoms with E-state index in [-0.39, 0.29) is 5.54 Å². The molecule has 3 rings (SSSR count). The van der Waals surface area contributed by atoms with E-state index in [4.69, 9.17) is 21.1 Å². The molecule has 2 aromatic rings. The lowest BCUT2D eigenvalue weighted by atomic mass is 9.72. The number of rotatable bonds is 9. The molecule has 1 fully saturated rings. The van der Waals surface area contributed by atoms with Crippen LogP contribution in [0, 0.1) is 0 Å². The van der Waals surface area contributed by atoms with Gasteiger partial charge in [-0.2, -0.15) is 0 Å². The minimum atomic E-state index is -0.111. The van der Waals surface area contributed by atoms with Crippen molar-refractivity contribution in [3.63, 3.8) is 0 Å². The van der Waals surface area contributed by atoms with Crippen molar-refractivity contribution in [3.8, 4) is 11.5 Å². The van der Waals surface area contributed by atoms with E-state index in [1.165, 1.54) is 24.0 Å². The second-order valence-electron chi connectivity index (χ2n) is 7.75. The Balaban J connectivity index is 1.63. The van der Waals surface area contributed by atoms with Gasteiger partial charge in [-0.15, -0.1) is 0 Å². The van der Waals surface area contributed by atoms with Crippen molar-refractivity contribution in [3.05, 3.63) is 58.6 Å². The van der Waals surface area contributed by atoms with E-state index in [2.05, 4.69) is 41.9 Å². The van der Waals surface area contributed by atoms with Crippen molar-refractivity contribution in [2.24, 2.45) is 0 Å². The van der Waals surface area contributed by atoms with Crippen LogP contribution in [0.3, 0.4) is 0 Å². The molecule has 0 heterocycles. The van der Waals surface area contributed by atoms with Gasteiger partial charge < -0.3 is 20.1 Å². The summed E-state index contributed by atoms with van der Waals surface area (Å²) >= 11 is 6.60. The molecule has 158 valence electrons. The summed E-state index contributed by atoms with van der Waals surface area (Å²) in [6.07, 6.45) is 6.78. The van der Waals surface area contributed by atoms with Crippen LogP contribution in [-0.2, 0) is 12.0 Å². The van der Waals surface area contributed by atoms with Gasteiger partial charge in [0.15, 0.2) is 11.5 Å². The first-order valence-electron chi connectivity index (χ1n) is 10.5. The molecular weight excluding hydrogens is 384 g/mol. The summed E-state index contributed by atoms with van der Waals surface area (Å²) in [6.45, 7) is 0.965. The summed E-state index contributed by atoms with van der Waals surface area (Å²) in [7, 11) is 5.41. The highest BCUT2D eigenvalue weighted by Gasteiger charge is 2.41. The van der Waals surface area contributed by atoms with Gasteiger partial charge >= 0.3 is 0 Å². The van der Waals surface area contributed by atoms with E-state index < -0.39 is 0 Å². The van der Waals surface area contributed by atoms with Gasteiger partial charge in [0.05, 0.1) is 19.8 Å². The van der Waals surface area contributed by atoms with Gasteiger partial charge in [-0.1, -0.05) is 48.7 Å². The van der Waals surface area contributed by atoms with Gasteiger partial charge in [0.2, 0.25) is 0 Å². The van der Waals surface area contributed by atoms with E-state index in [0.717, 1.165) is 48.7 Å². The van der Waals surface area contributed by atoms with E-state index in [9.17, 15) is 0 Å². The van der Waals surface area contributed by atoms with Crippen LogP contribution in [0.1, 0.15) is 43.2 Å². The first-order valence-corrected chi connectivity index (χ1v) is 10.9. The average Bonchev–Trinajstić information content (AvgIpc) is 2.77. The normalized spacial score (nSPS) is 21.7. The summed E-state index contributed by atoms with van der Waals surface area (Å²) in [5.74, 6) is 1.56. The maximum atomic E-state index is 6.60. The van der Waals surface area contributed by atoms with E-state index >= 15 is 0 Å². The molecule has 2 unspecified atom stereocenters. The standard InChI is InChI=1S/C24H33ClN2O2/c1-26-24(19-10-4-5-11-20(19)25)15-7-6-12-23(24)27-16-8-9-18-13-14-21(28-2)22(17-18)29-3/h4-5,10-11,13-14,17,23,26-27H,6-9,12,15-16H2,1-3H3. The molecule has 29 heavy (non-hydrogen) atoms. The Kier molecular flexibility index (Phi) is 7.82. The Bertz CT molecular complexity index is 798. The van der Waals surface area contributed by atoms with Gasteiger partial charge in [-0.25, -0.2) is 0 Å². The number of likely N-dealkylation sites (N-methyl/N-ethyl adjacent to an activating group) is 1. The second-order valence-corrected chi connectivity index (χ2v) is 8.15. The van der Waals surface area contributed by atoms with Crippen LogP contribution in [-0.4, -0.2) is 33.9 Å². The molecule has 0 amide bonds. The molecule has 0 aromatic heterocycles. The fourth-order valence-corrected chi connectivity index (χ4v) is 4.94. The third-order valence-electron chi connectivity index (χ3n) is 6.19. The molecule has 0 spiro atoms. The number of halogens is 1.